The molecule has 1 aromatic carbocycles. The summed E-state index contributed by atoms with van der Waals surface area (Å²) in [6, 6.07) is 5.99. The van der Waals surface area contributed by atoms with E-state index in [9.17, 15) is 27.6 Å². The second-order valence-electron chi connectivity index (χ2n) is 17.5. The summed E-state index contributed by atoms with van der Waals surface area (Å²) in [5.74, 6) is -1.26. The summed E-state index contributed by atoms with van der Waals surface area (Å²) in [6.45, 7) is 10.0. The molecule has 4 unspecified atom stereocenters. The highest BCUT2D eigenvalue weighted by molar-refractivity contribution is 7.91. The molecular formula is C45H63N7O10S. The summed E-state index contributed by atoms with van der Waals surface area (Å²) in [7, 11) is -0.771. The molecule has 4 amide bonds. The van der Waals surface area contributed by atoms with Gasteiger partial charge in [0.2, 0.25) is 33.6 Å². The number of allylic oxidation sites excluding steroid dienone is 2. The lowest BCUT2D eigenvalue weighted by molar-refractivity contribution is -0.138. The zero-order chi connectivity index (χ0) is 45.5. The van der Waals surface area contributed by atoms with Gasteiger partial charge in [-0.25, -0.2) is 13.4 Å². The average Bonchev–Trinajstić information content (AvgIpc) is 4.04. The Balaban J connectivity index is 1.20. The van der Waals surface area contributed by atoms with E-state index in [2.05, 4.69) is 27.4 Å². The van der Waals surface area contributed by atoms with Crippen molar-refractivity contribution in [3.05, 3.63) is 53.9 Å². The van der Waals surface area contributed by atoms with Crippen molar-refractivity contribution in [3.8, 4) is 17.4 Å². The molecule has 0 radical (unpaired) electrons. The number of nitrogens with one attached hydrogen (secondary N) is 3. The first-order chi connectivity index (χ1) is 30.0. The first kappa shape index (κ1) is 47.3. The highest BCUT2D eigenvalue weighted by atomic mass is 32.2. The number of hydrogen-bond acceptors (Lipinski definition) is 12. The number of rotatable bonds is 23. The number of fused-ring (bicyclic) bond motifs is 1. The molecule has 4 atom stereocenters. The summed E-state index contributed by atoms with van der Waals surface area (Å²) in [6.07, 6.45) is 10.9. The van der Waals surface area contributed by atoms with Crippen LogP contribution in [0.15, 0.2) is 42.6 Å². The summed E-state index contributed by atoms with van der Waals surface area (Å²) < 4.78 is 52.4. The van der Waals surface area contributed by atoms with Gasteiger partial charge in [0.05, 0.1) is 55.2 Å². The zero-order valence-corrected chi connectivity index (χ0v) is 38.3. The maximum Gasteiger partial charge on any atom is 0.272 e. The van der Waals surface area contributed by atoms with Crippen LogP contribution in [0.5, 0.6) is 17.4 Å². The maximum absolute atomic E-state index is 14.3. The zero-order valence-electron chi connectivity index (χ0n) is 37.5. The van der Waals surface area contributed by atoms with Crippen LogP contribution in [0, 0.1) is 24.2 Å². The van der Waals surface area contributed by atoms with Crippen LogP contribution < -0.4 is 29.6 Å². The standard InChI is InChI=1S/C45H63N7O10S/c1-8-9-10-11-12-13-32-24-45(32,43(56)50-63(57,58)44(5)17-18-44)28-47-42(55)35-22-31(26-52(35)39(53)25-46-41(54)34-16-19-51(49-34)20-21-59-6)27-61-37-23-38(62-29(2)3)48-40-30(4)36(60-7)15-14-33(37)40/h12-16,19,23,29,31-32,35H,8-11,17-18,20-22,24-28H2,1-7H3,(H,46,54)(H,47,55)(H,50,56)/b13-12-. The van der Waals surface area contributed by atoms with Crippen molar-refractivity contribution in [1.82, 2.24) is 35.0 Å². The second kappa shape index (κ2) is 20.1. The van der Waals surface area contributed by atoms with Crippen molar-refractivity contribution in [2.24, 2.45) is 17.3 Å². The van der Waals surface area contributed by atoms with Crippen LogP contribution in [0.4, 0.5) is 0 Å². The van der Waals surface area contributed by atoms with Gasteiger partial charge in [-0.1, -0.05) is 31.9 Å². The maximum atomic E-state index is 14.3. The molecule has 6 rings (SSSR count). The van der Waals surface area contributed by atoms with Crippen LogP contribution >= 0.6 is 0 Å². The van der Waals surface area contributed by atoms with E-state index in [0.29, 0.717) is 55.3 Å². The molecule has 344 valence electrons. The van der Waals surface area contributed by atoms with Crippen molar-refractivity contribution in [3.63, 3.8) is 0 Å². The molecular weight excluding hydrogens is 831 g/mol. The molecule has 3 N–H and O–H groups in total. The summed E-state index contributed by atoms with van der Waals surface area (Å²) in [4.78, 5) is 61.3. The van der Waals surface area contributed by atoms with Gasteiger partial charge >= 0.3 is 0 Å². The van der Waals surface area contributed by atoms with E-state index in [1.165, 1.54) is 4.90 Å². The van der Waals surface area contributed by atoms with Crippen LogP contribution in [0.1, 0.15) is 95.1 Å². The number of methoxy groups -OCH3 is 2. The molecule has 2 saturated carbocycles. The lowest BCUT2D eigenvalue weighted by atomic mass is 10.0. The predicted octanol–water partition coefficient (Wildman–Crippen LogP) is 4.47. The van der Waals surface area contributed by atoms with E-state index in [-0.39, 0.29) is 49.8 Å². The number of ether oxygens (including phenoxy) is 4. The number of amides is 4. The number of sulfonamides is 1. The smallest absolute Gasteiger partial charge is 0.272 e. The Morgan fingerprint density at radius 3 is 2.54 bits per heavy atom. The molecule has 1 saturated heterocycles. The largest absolute Gasteiger partial charge is 0.496 e. The minimum atomic E-state index is -3.93. The number of hydrogen-bond donors (Lipinski definition) is 3. The minimum Gasteiger partial charge on any atom is -0.496 e. The van der Waals surface area contributed by atoms with Crippen molar-refractivity contribution in [2.45, 2.75) is 109 Å². The number of unbranched alkanes of at least 4 members (excludes halogenated alkanes) is 3. The van der Waals surface area contributed by atoms with E-state index in [1.54, 1.807) is 44.2 Å². The Kier molecular flexibility index (Phi) is 15.1. The molecule has 3 aliphatic rings. The molecule has 3 fully saturated rings. The van der Waals surface area contributed by atoms with Gasteiger partial charge in [0, 0.05) is 49.3 Å². The monoisotopic (exact) mass is 893 g/mol. The Morgan fingerprint density at radius 1 is 1.06 bits per heavy atom. The van der Waals surface area contributed by atoms with E-state index in [4.69, 9.17) is 23.9 Å². The Hall–Kier alpha value is -5.23. The number of likely N-dealkylation sites (tertiary alicyclic amines) is 1. The van der Waals surface area contributed by atoms with Gasteiger partial charge in [-0.2, -0.15) is 5.10 Å². The molecule has 17 nitrogen and oxygen atoms in total. The molecule has 2 aliphatic carbocycles. The van der Waals surface area contributed by atoms with Gasteiger partial charge in [0.1, 0.15) is 23.2 Å². The third-order valence-electron chi connectivity index (χ3n) is 12.3. The van der Waals surface area contributed by atoms with E-state index in [1.807, 2.05) is 45.1 Å². The molecule has 3 heterocycles. The molecule has 63 heavy (non-hydrogen) atoms. The lowest BCUT2D eigenvalue weighted by Crippen LogP contribution is -2.51. The predicted molar refractivity (Wildman–Crippen MR) is 236 cm³/mol. The van der Waals surface area contributed by atoms with Crippen LogP contribution in [0.3, 0.4) is 0 Å². The molecule has 18 heteroatoms. The lowest BCUT2D eigenvalue weighted by Gasteiger charge is -2.25. The number of pyridine rings is 1. The third-order valence-corrected chi connectivity index (χ3v) is 14.5. The number of carbonyl (C=O) groups is 4. The van der Waals surface area contributed by atoms with Gasteiger partial charge in [-0.15, -0.1) is 0 Å². The Morgan fingerprint density at radius 2 is 1.84 bits per heavy atom. The van der Waals surface area contributed by atoms with Gasteiger partial charge in [-0.3, -0.25) is 28.6 Å². The quantitative estimate of drug-likeness (QED) is 0.0891. The third kappa shape index (κ3) is 11.1. The molecule has 1 aliphatic heterocycles. The van der Waals surface area contributed by atoms with Gasteiger partial charge in [-0.05, 0) is 90.3 Å². The van der Waals surface area contributed by atoms with Crippen LogP contribution in [0.25, 0.3) is 10.9 Å². The highest BCUT2D eigenvalue weighted by Gasteiger charge is 2.61. The van der Waals surface area contributed by atoms with Crippen molar-refractivity contribution < 1.29 is 46.5 Å². The van der Waals surface area contributed by atoms with Crippen LogP contribution in [-0.4, -0.2) is 116 Å². The Labute approximate surface area is 370 Å². The fourth-order valence-electron chi connectivity index (χ4n) is 7.97. The van der Waals surface area contributed by atoms with Gasteiger partial charge < -0.3 is 34.5 Å². The summed E-state index contributed by atoms with van der Waals surface area (Å²) in [5.41, 5.74) is 0.403. The van der Waals surface area contributed by atoms with Crippen LogP contribution in [0.2, 0.25) is 0 Å². The normalized spacial score (nSPS) is 21.4. The van der Waals surface area contributed by atoms with Crippen LogP contribution in [-0.2, 0) is 35.7 Å². The highest BCUT2D eigenvalue weighted by Crippen LogP contribution is 2.54. The SMILES string of the molecule is CCCCC/C=C\C1CC1(CNC(=O)C1CC(COc2cc(OC(C)C)nc3c(C)c(OC)ccc23)CN1C(=O)CNC(=O)c1ccn(CCOC)n1)C(=O)NS(=O)(=O)C1(C)CC1. The van der Waals surface area contributed by atoms with E-state index in [0.717, 1.165) is 36.6 Å². The summed E-state index contributed by atoms with van der Waals surface area (Å²) in [5, 5.41) is 10.6. The molecule has 3 aromatic rings. The number of benzene rings is 1. The van der Waals surface area contributed by atoms with Gasteiger partial charge in [0.15, 0.2) is 0 Å². The number of carbonyl (C=O) groups excluding carboxylic acids is 4. The molecule has 2 aromatic heterocycles. The number of nitrogens with zero attached hydrogens (tertiary/aromatic N) is 4. The summed E-state index contributed by atoms with van der Waals surface area (Å²) >= 11 is 0. The number of aryl methyl sites for hydroxylation is 1. The average molecular weight is 894 g/mol. The first-order valence-corrected chi connectivity index (χ1v) is 23.4. The first-order valence-electron chi connectivity index (χ1n) is 21.9. The Bertz CT molecular complexity index is 2290. The fraction of sp³-hybridized carbons (Fsp3) is 0.600. The number of aromatic nitrogens is 3. The van der Waals surface area contributed by atoms with Crippen molar-refractivity contribution in [2.75, 3.05) is 47.1 Å². The minimum absolute atomic E-state index is 0.123. The van der Waals surface area contributed by atoms with E-state index >= 15 is 0 Å². The second-order valence-corrected chi connectivity index (χ2v) is 19.7. The van der Waals surface area contributed by atoms with Crippen molar-refractivity contribution >= 4 is 44.6 Å². The molecule has 0 spiro atoms. The fourth-order valence-corrected chi connectivity index (χ4v) is 9.31. The van der Waals surface area contributed by atoms with Gasteiger partial charge in [0.25, 0.3) is 5.91 Å². The van der Waals surface area contributed by atoms with E-state index < -0.39 is 56.4 Å². The molecule has 0 bridgehead atoms. The van der Waals surface area contributed by atoms with Crippen molar-refractivity contribution in [1.29, 1.82) is 0 Å². The topological polar surface area (TPSA) is 209 Å².